The Morgan fingerprint density at radius 1 is 1.05 bits per heavy atom. The first-order valence-corrected chi connectivity index (χ1v) is 13.3. The van der Waals surface area contributed by atoms with Crippen molar-refractivity contribution in [3.63, 3.8) is 0 Å². The monoisotopic (exact) mass is 502 g/mol. The maximum Gasteiger partial charge on any atom is 0.225 e. The van der Waals surface area contributed by atoms with Crippen LogP contribution in [-0.2, 0) is 4.79 Å². The summed E-state index contributed by atoms with van der Waals surface area (Å²) in [6.07, 6.45) is 4.05. The number of amides is 1. The van der Waals surface area contributed by atoms with Gasteiger partial charge in [0.05, 0.1) is 17.5 Å². The summed E-state index contributed by atoms with van der Waals surface area (Å²) in [6, 6.07) is 15.4. The van der Waals surface area contributed by atoms with Gasteiger partial charge < -0.3 is 29.7 Å². The summed E-state index contributed by atoms with van der Waals surface area (Å²) in [5.74, 6) is 1.21. The lowest BCUT2D eigenvalue weighted by atomic mass is 9.99. The Hall–Kier alpha value is -3.36. The average molecular weight is 503 g/mol. The first-order valence-electron chi connectivity index (χ1n) is 13.3. The molecular formula is C29H34N4O4. The van der Waals surface area contributed by atoms with Gasteiger partial charge in [-0.1, -0.05) is 18.2 Å². The highest BCUT2D eigenvalue weighted by atomic mass is 16.6. The zero-order valence-electron chi connectivity index (χ0n) is 21.0. The number of hydrogen-bond acceptors (Lipinski definition) is 7. The van der Waals surface area contributed by atoms with Gasteiger partial charge in [-0.25, -0.2) is 0 Å². The molecule has 3 atom stereocenters. The number of rotatable bonds is 7. The van der Waals surface area contributed by atoms with Crippen LogP contribution >= 0.6 is 0 Å². The fraction of sp³-hybridized carbons (Fsp3) is 0.448. The molecule has 6 rings (SSSR count). The number of likely N-dealkylation sites (tertiary alicyclic amines) is 1. The highest BCUT2D eigenvalue weighted by molar-refractivity contribution is 5.83. The van der Waals surface area contributed by atoms with E-state index in [0.29, 0.717) is 37.8 Å². The van der Waals surface area contributed by atoms with Crippen LogP contribution in [0.2, 0.25) is 0 Å². The van der Waals surface area contributed by atoms with Crippen molar-refractivity contribution in [1.29, 1.82) is 0 Å². The summed E-state index contributed by atoms with van der Waals surface area (Å²) in [6.45, 7) is 5.09. The molecule has 0 bridgehead atoms. The van der Waals surface area contributed by atoms with E-state index in [1.54, 1.807) is 6.20 Å². The minimum absolute atomic E-state index is 0.00204. The molecule has 3 aliphatic rings. The number of benzene rings is 2. The highest BCUT2D eigenvalue weighted by Gasteiger charge is 2.33. The lowest BCUT2D eigenvalue weighted by molar-refractivity contribution is -0.126. The summed E-state index contributed by atoms with van der Waals surface area (Å²) in [5, 5.41) is 15.7. The van der Waals surface area contributed by atoms with E-state index in [4.69, 9.17) is 9.47 Å². The predicted molar refractivity (Wildman–Crippen MR) is 142 cm³/mol. The number of ether oxygens (including phenoxy) is 2. The molecule has 194 valence electrons. The first-order chi connectivity index (χ1) is 18.1. The average Bonchev–Trinajstić information content (AvgIpc) is 3.64. The van der Waals surface area contributed by atoms with Crippen LogP contribution in [0.3, 0.4) is 0 Å². The minimum atomic E-state index is -0.843. The number of carbonyl (C=O) groups is 1. The van der Waals surface area contributed by atoms with Gasteiger partial charge in [-0.2, -0.15) is 0 Å². The van der Waals surface area contributed by atoms with Crippen LogP contribution in [0, 0.1) is 5.92 Å². The number of hydrogen-bond donors (Lipinski definition) is 2. The van der Waals surface area contributed by atoms with Crippen molar-refractivity contribution in [1.82, 2.24) is 15.2 Å². The Labute approximate surface area is 217 Å². The lowest BCUT2D eigenvalue weighted by Crippen LogP contribution is -2.48. The summed E-state index contributed by atoms with van der Waals surface area (Å²) in [5.41, 5.74) is 2.78. The van der Waals surface area contributed by atoms with Gasteiger partial charge >= 0.3 is 0 Å². The Morgan fingerprint density at radius 3 is 2.76 bits per heavy atom. The van der Waals surface area contributed by atoms with Crippen LogP contribution in [0.5, 0.6) is 11.5 Å². The number of aliphatic hydroxyl groups excluding tert-OH is 1. The molecule has 0 spiro atoms. The molecule has 37 heavy (non-hydrogen) atoms. The SMILES string of the molecule is O=C(NC(CN1CCCC1)C(O)c1ccc2c(c1)OCCO2)[C@@H]1CCN(c2ccc3cccnc3c2)C1. The number of pyridine rings is 1. The highest BCUT2D eigenvalue weighted by Crippen LogP contribution is 2.34. The molecule has 1 aromatic heterocycles. The zero-order valence-corrected chi connectivity index (χ0v) is 21.0. The van der Waals surface area contributed by atoms with Crippen LogP contribution in [0.1, 0.15) is 30.9 Å². The fourth-order valence-electron chi connectivity index (χ4n) is 5.70. The molecule has 0 radical (unpaired) electrons. The minimum Gasteiger partial charge on any atom is -0.486 e. The van der Waals surface area contributed by atoms with E-state index in [2.05, 4.69) is 44.4 Å². The Bertz CT molecular complexity index is 1260. The van der Waals surface area contributed by atoms with Gasteiger partial charge in [-0.15, -0.1) is 0 Å². The summed E-state index contributed by atoms with van der Waals surface area (Å²) >= 11 is 0. The van der Waals surface area contributed by atoms with Crippen LogP contribution < -0.4 is 19.7 Å². The van der Waals surface area contributed by atoms with Crippen LogP contribution in [0.25, 0.3) is 10.9 Å². The van der Waals surface area contributed by atoms with Crippen molar-refractivity contribution < 1.29 is 19.4 Å². The normalized spacial score (nSPS) is 21.2. The van der Waals surface area contributed by atoms with Crippen molar-refractivity contribution >= 4 is 22.5 Å². The lowest BCUT2D eigenvalue weighted by Gasteiger charge is -2.30. The summed E-state index contributed by atoms with van der Waals surface area (Å²) in [7, 11) is 0. The quantitative estimate of drug-likeness (QED) is 0.513. The van der Waals surface area contributed by atoms with Crippen molar-refractivity contribution in [3.8, 4) is 11.5 Å². The van der Waals surface area contributed by atoms with Gasteiger partial charge in [-0.05, 0) is 68.2 Å². The third-order valence-electron chi connectivity index (χ3n) is 7.78. The third kappa shape index (κ3) is 5.22. The van der Waals surface area contributed by atoms with E-state index < -0.39 is 12.1 Å². The summed E-state index contributed by atoms with van der Waals surface area (Å²) < 4.78 is 11.4. The van der Waals surface area contributed by atoms with Gasteiger partial charge in [0.1, 0.15) is 19.3 Å². The van der Waals surface area contributed by atoms with E-state index in [1.165, 1.54) is 0 Å². The van der Waals surface area contributed by atoms with Crippen LogP contribution in [-0.4, -0.2) is 72.9 Å². The fourth-order valence-corrected chi connectivity index (χ4v) is 5.70. The van der Waals surface area contributed by atoms with Gasteiger partial charge in [0.25, 0.3) is 0 Å². The molecule has 2 aromatic carbocycles. The van der Waals surface area contributed by atoms with Crippen molar-refractivity contribution in [3.05, 3.63) is 60.3 Å². The third-order valence-corrected chi connectivity index (χ3v) is 7.78. The Balaban J connectivity index is 1.15. The van der Waals surface area contributed by atoms with Crippen molar-refractivity contribution in [2.24, 2.45) is 5.92 Å². The van der Waals surface area contributed by atoms with Crippen molar-refractivity contribution in [2.45, 2.75) is 31.4 Å². The standard InChI is InChI=1S/C29H34N4O4/c34-28(21-6-8-26-27(16-21)37-15-14-36-26)25(19-32-11-1-2-12-32)31-29(35)22-9-13-33(18-22)23-7-5-20-4-3-10-30-24(20)17-23/h3-8,10,16-17,22,25,28,34H,1-2,9,11-15,18-19H2,(H,31,35)/t22-,25?,28?/m1/s1. The molecule has 3 aromatic rings. The second-order valence-electron chi connectivity index (χ2n) is 10.3. The Kier molecular flexibility index (Phi) is 6.85. The summed E-state index contributed by atoms with van der Waals surface area (Å²) in [4.78, 5) is 22.5. The van der Waals surface area contributed by atoms with E-state index in [-0.39, 0.29) is 11.8 Å². The maximum atomic E-state index is 13.5. The smallest absolute Gasteiger partial charge is 0.225 e. The zero-order chi connectivity index (χ0) is 25.2. The molecule has 2 unspecified atom stereocenters. The first kappa shape index (κ1) is 24.0. The van der Waals surface area contributed by atoms with Gasteiger partial charge in [0.15, 0.2) is 11.5 Å². The molecule has 4 heterocycles. The van der Waals surface area contributed by atoms with Gasteiger partial charge in [0, 0.05) is 36.9 Å². The van der Waals surface area contributed by atoms with Gasteiger partial charge in [0.2, 0.25) is 5.91 Å². The molecule has 2 N–H and O–H groups in total. The van der Waals surface area contributed by atoms with E-state index in [9.17, 15) is 9.90 Å². The van der Waals surface area contributed by atoms with E-state index in [0.717, 1.165) is 61.1 Å². The number of carbonyl (C=O) groups excluding carboxylic acids is 1. The number of fused-ring (bicyclic) bond motifs is 2. The van der Waals surface area contributed by atoms with Gasteiger partial charge in [-0.3, -0.25) is 9.78 Å². The molecular weight excluding hydrogens is 468 g/mol. The molecule has 8 nitrogen and oxygen atoms in total. The number of aromatic nitrogens is 1. The molecule has 2 fully saturated rings. The molecule has 0 aliphatic carbocycles. The Morgan fingerprint density at radius 2 is 1.89 bits per heavy atom. The number of aliphatic hydroxyl groups is 1. The number of anilines is 1. The molecule has 3 aliphatic heterocycles. The predicted octanol–water partition coefficient (Wildman–Crippen LogP) is 3.15. The van der Waals surface area contributed by atoms with Crippen LogP contribution in [0.15, 0.2) is 54.7 Å². The van der Waals surface area contributed by atoms with E-state index >= 15 is 0 Å². The van der Waals surface area contributed by atoms with Crippen molar-refractivity contribution in [2.75, 3.05) is 50.8 Å². The molecule has 8 heteroatoms. The second kappa shape index (κ2) is 10.6. The second-order valence-corrected chi connectivity index (χ2v) is 10.3. The molecule has 2 saturated heterocycles. The number of nitrogens with one attached hydrogen (secondary N) is 1. The number of nitrogens with zero attached hydrogens (tertiary/aromatic N) is 3. The topological polar surface area (TPSA) is 87.2 Å². The van der Waals surface area contributed by atoms with E-state index in [1.807, 2.05) is 24.3 Å². The molecule has 0 saturated carbocycles. The largest absolute Gasteiger partial charge is 0.486 e. The molecule has 1 amide bonds. The maximum absolute atomic E-state index is 13.5. The van der Waals surface area contributed by atoms with Crippen LogP contribution in [0.4, 0.5) is 5.69 Å².